The molecule has 0 radical (unpaired) electrons. The van der Waals surface area contributed by atoms with Gasteiger partial charge in [-0.15, -0.1) is 12.4 Å². The van der Waals surface area contributed by atoms with Gasteiger partial charge in [-0.2, -0.15) is 0 Å². The summed E-state index contributed by atoms with van der Waals surface area (Å²) in [4.78, 5) is 0. The van der Waals surface area contributed by atoms with Crippen molar-refractivity contribution in [3.05, 3.63) is 63.1 Å². The quantitative estimate of drug-likeness (QED) is 0.406. The highest BCUT2D eigenvalue weighted by molar-refractivity contribution is 9.10. The topological polar surface area (TPSA) is 21.3 Å². The molecule has 0 atom stereocenters. The van der Waals surface area contributed by atoms with E-state index in [4.69, 9.17) is 16.3 Å². The molecule has 0 bridgehead atoms. The molecule has 2 aromatic rings. The zero-order chi connectivity index (χ0) is 17.2. The van der Waals surface area contributed by atoms with E-state index in [1.165, 1.54) is 31.2 Å². The summed E-state index contributed by atoms with van der Waals surface area (Å²) in [5, 5.41) is 4.26. The first-order chi connectivity index (χ1) is 11.7. The molecule has 0 amide bonds. The Hall–Kier alpha value is -0.740. The molecule has 5 heteroatoms. The van der Waals surface area contributed by atoms with Gasteiger partial charge in [0.15, 0.2) is 0 Å². The van der Waals surface area contributed by atoms with Gasteiger partial charge >= 0.3 is 0 Å². The second-order valence-corrected chi connectivity index (χ2v) is 7.26. The van der Waals surface area contributed by atoms with Crippen molar-refractivity contribution >= 4 is 39.9 Å². The molecule has 2 nitrogen and oxygen atoms in total. The third-order valence-electron chi connectivity index (χ3n) is 3.85. The average Bonchev–Trinajstić information content (AvgIpc) is 2.58. The van der Waals surface area contributed by atoms with Crippen molar-refractivity contribution in [2.75, 3.05) is 6.54 Å². The SMILES string of the molecule is CCCCCCNCc1cc(Br)ccc1OCc1ccc(Cl)cc1.Cl. The molecule has 0 heterocycles. The highest BCUT2D eigenvalue weighted by atomic mass is 79.9. The zero-order valence-electron chi connectivity index (χ0n) is 14.6. The predicted octanol–water partition coefficient (Wildman–Crippen LogP) is 6.77. The summed E-state index contributed by atoms with van der Waals surface area (Å²) in [7, 11) is 0. The molecule has 0 aliphatic heterocycles. The molecule has 0 saturated carbocycles. The van der Waals surface area contributed by atoms with E-state index in [9.17, 15) is 0 Å². The Morgan fingerprint density at radius 2 is 1.80 bits per heavy atom. The standard InChI is InChI=1S/C20H25BrClNO.ClH/c1-2-3-4-5-12-23-14-17-13-18(21)8-11-20(17)24-15-16-6-9-19(22)10-7-16;/h6-11,13,23H,2-5,12,14-15H2,1H3;1H. The molecule has 0 aliphatic carbocycles. The lowest BCUT2D eigenvalue weighted by Gasteiger charge is -2.13. The third-order valence-corrected chi connectivity index (χ3v) is 4.60. The summed E-state index contributed by atoms with van der Waals surface area (Å²) in [5.74, 6) is 0.925. The average molecular weight is 447 g/mol. The molecule has 0 unspecified atom stereocenters. The van der Waals surface area contributed by atoms with Crippen molar-refractivity contribution in [1.82, 2.24) is 5.32 Å². The number of rotatable bonds is 10. The van der Waals surface area contributed by atoms with Gasteiger partial charge in [-0.25, -0.2) is 0 Å². The maximum Gasteiger partial charge on any atom is 0.124 e. The Bertz CT molecular complexity index is 620. The van der Waals surface area contributed by atoms with Crippen molar-refractivity contribution in [3.63, 3.8) is 0 Å². The van der Waals surface area contributed by atoms with E-state index in [0.29, 0.717) is 6.61 Å². The molecular formula is C20H26BrCl2NO. The first-order valence-electron chi connectivity index (χ1n) is 8.55. The van der Waals surface area contributed by atoms with E-state index in [0.717, 1.165) is 33.9 Å². The van der Waals surface area contributed by atoms with E-state index in [1.807, 2.05) is 36.4 Å². The van der Waals surface area contributed by atoms with Gasteiger partial charge in [0.25, 0.3) is 0 Å². The number of hydrogen-bond acceptors (Lipinski definition) is 2. The summed E-state index contributed by atoms with van der Waals surface area (Å²) in [6, 6.07) is 13.9. The maximum absolute atomic E-state index is 6.01. The van der Waals surface area contributed by atoms with Crippen LogP contribution in [0.3, 0.4) is 0 Å². The van der Waals surface area contributed by atoms with E-state index >= 15 is 0 Å². The Morgan fingerprint density at radius 1 is 1.04 bits per heavy atom. The number of benzene rings is 2. The van der Waals surface area contributed by atoms with Gasteiger partial charge in [0.2, 0.25) is 0 Å². The van der Waals surface area contributed by atoms with Crippen molar-refractivity contribution in [1.29, 1.82) is 0 Å². The van der Waals surface area contributed by atoms with Crippen LogP contribution in [0.4, 0.5) is 0 Å². The van der Waals surface area contributed by atoms with Crippen LogP contribution in [0.1, 0.15) is 43.7 Å². The molecule has 0 aromatic heterocycles. The minimum absolute atomic E-state index is 0. The summed E-state index contributed by atoms with van der Waals surface area (Å²) < 4.78 is 7.08. The van der Waals surface area contributed by atoms with Gasteiger partial charge < -0.3 is 10.1 Å². The number of ether oxygens (including phenoxy) is 1. The van der Waals surface area contributed by atoms with Gasteiger partial charge in [0.1, 0.15) is 12.4 Å². The van der Waals surface area contributed by atoms with Crippen molar-refractivity contribution in [3.8, 4) is 5.75 Å². The van der Waals surface area contributed by atoms with Gasteiger partial charge in [-0.05, 0) is 48.9 Å². The second-order valence-electron chi connectivity index (χ2n) is 5.90. The van der Waals surface area contributed by atoms with Crippen molar-refractivity contribution in [2.24, 2.45) is 0 Å². The number of unbranched alkanes of at least 4 members (excludes halogenated alkanes) is 3. The second kappa shape index (κ2) is 12.6. The van der Waals surface area contributed by atoms with Crippen molar-refractivity contribution in [2.45, 2.75) is 45.8 Å². The monoisotopic (exact) mass is 445 g/mol. The van der Waals surface area contributed by atoms with E-state index in [-0.39, 0.29) is 12.4 Å². The number of hydrogen-bond donors (Lipinski definition) is 1. The van der Waals surface area contributed by atoms with Crippen LogP contribution in [0.25, 0.3) is 0 Å². The lowest BCUT2D eigenvalue weighted by Crippen LogP contribution is -2.15. The molecule has 2 rings (SSSR count). The van der Waals surface area contributed by atoms with E-state index in [2.05, 4.69) is 34.2 Å². The van der Waals surface area contributed by atoms with E-state index in [1.54, 1.807) is 0 Å². The molecule has 25 heavy (non-hydrogen) atoms. The molecule has 0 saturated heterocycles. The van der Waals surface area contributed by atoms with Crippen molar-refractivity contribution < 1.29 is 4.74 Å². The molecule has 0 aliphatic rings. The van der Waals surface area contributed by atoms with Gasteiger partial charge in [0.05, 0.1) is 0 Å². The van der Waals surface area contributed by atoms with Crippen LogP contribution in [-0.4, -0.2) is 6.54 Å². The Morgan fingerprint density at radius 3 is 2.52 bits per heavy atom. The molecule has 138 valence electrons. The van der Waals surface area contributed by atoms with Crippen LogP contribution in [0.15, 0.2) is 46.9 Å². The molecule has 1 N–H and O–H groups in total. The summed E-state index contributed by atoms with van der Waals surface area (Å²) in [5.41, 5.74) is 2.29. The predicted molar refractivity (Wildman–Crippen MR) is 113 cm³/mol. The van der Waals surface area contributed by atoms with Crippen LogP contribution >= 0.6 is 39.9 Å². The van der Waals surface area contributed by atoms with Crippen LogP contribution in [0.2, 0.25) is 5.02 Å². The Kier molecular flexibility index (Phi) is 11.2. The third kappa shape index (κ3) is 8.46. The fourth-order valence-electron chi connectivity index (χ4n) is 2.47. The summed E-state index contributed by atoms with van der Waals surface area (Å²) in [6.07, 6.45) is 5.10. The van der Waals surface area contributed by atoms with E-state index < -0.39 is 0 Å². The van der Waals surface area contributed by atoms with Crippen LogP contribution in [-0.2, 0) is 13.2 Å². The fourth-order valence-corrected chi connectivity index (χ4v) is 3.00. The summed E-state index contributed by atoms with van der Waals surface area (Å²) in [6.45, 7) is 4.65. The smallest absolute Gasteiger partial charge is 0.124 e. The Balaban J connectivity index is 0.00000312. The van der Waals surface area contributed by atoms with Gasteiger partial charge in [-0.1, -0.05) is 65.8 Å². The number of nitrogens with one attached hydrogen (secondary N) is 1. The fraction of sp³-hybridized carbons (Fsp3) is 0.400. The largest absolute Gasteiger partial charge is 0.489 e. The number of halogens is 3. The first kappa shape index (κ1) is 22.3. The highest BCUT2D eigenvalue weighted by Gasteiger charge is 2.05. The van der Waals surface area contributed by atoms with Crippen LogP contribution in [0, 0.1) is 0 Å². The maximum atomic E-state index is 6.01. The van der Waals surface area contributed by atoms with Gasteiger partial charge in [-0.3, -0.25) is 0 Å². The van der Waals surface area contributed by atoms with Crippen LogP contribution in [0.5, 0.6) is 5.75 Å². The van der Waals surface area contributed by atoms with Gasteiger partial charge in [0, 0.05) is 21.6 Å². The minimum Gasteiger partial charge on any atom is -0.489 e. The zero-order valence-corrected chi connectivity index (χ0v) is 17.7. The molecular weight excluding hydrogens is 421 g/mol. The van der Waals surface area contributed by atoms with Crippen LogP contribution < -0.4 is 10.1 Å². The molecule has 2 aromatic carbocycles. The minimum atomic E-state index is 0. The highest BCUT2D eigenvalue weighted by Crippen LogP contribution is 2.24. The molecule has 0 spiro atoms. The first-order valence-corrected chi connectivity index (χ1v) is 9.72. The lowest BCUT2D eigenvalue weighted by molar-refractivity contribution is 0.302. The normalized spacial score (nSPS) is 10.4. The molecule has 0 fully saturated rings. The lowest BCUT2D eigenvalue weighted by atomic mass is 10.2. The Labute approximate surface area is 170 Å². The summed E-state index contributed by atoms with van der Waals surface area (Å²) >= 11 is 9.47.